The van der Waals surface area contributed by atoms with E-state index in [0.29, 0.717) is 31.0 Å². The van der Waals surface area contributed by atoms with Gasteiger partial charge in [-0.25, -0.2) is 13.2 Å². The van der Waals surface area contributed by atoms with Gasteiger partial charge in [-0.15, -0.1) is 0 Å². The fraction of sp³-hybridized carbons (Fsp3) is 0.387. The first-order valence-corrected chi connectivity index (χ1v) is 15.2. The van der Waals surface area contributed by atoms with Gasteiger partial charge in [0.25, 0.3) is 0 Å². The summed E-state index contributed by atoms with van der Waals surface area (Å²) in [5.41, 5.74) is 1.04. The highest BCUT2D eigenvalue weighted by Crippen LogP contribution is 2.28. The third-order valence-corrected chi connectivity index (χ3v) is 9.04. The number of aliphatic hydroxyl groups is 1. The van der Waals surface area contributed by atoms with E-state index in [1.165, 1.54) is 28.4 Å². The van der Waals surface area contributed by atoms with Crippen molar-refractivity contribution in [2.75, 3.05) is 33.3 Å². The van der Waals surface area contributed by atoms with Crippen LogP contribution in [0.4, 0.5) is 4.79 Å². The van der Waals surface area contributed by atoms with Crippen LogP contribution in [0.15, 0.2) is 89.8 Å². The summed E-state index contributed by atoms with van der Waals surface area (Å²) in [7, 11) is -2.36. The lowest BCUT2D eigenvalue weighted by Crippen LogP contribution is -2.46. The number of rotatable bonds is 13. The number of para-hydroxylation sites is 1. The number of aliphatic hydroxyl groups excluding tert-OH is 1. The molecule has 40 heavy (non-hydrogen) atoms. The van der Waals surface area contributed by atoms with Gasteiger partial charge in [0, 0.05) is 19.6 Å². The van der Waals surface area contributed by atoms with Gasteiger partial charge in [-0.05, 0) is 67.1 Å². The Labute approximate surface area is 237 Å². The van der Waals surface area contributed by atoms with Crippen molar-refractivity contribution in [3.05, 3.63) is 90.5 Å². The number of hydrogen-bond donors (Lipinski definition) is 1. The fourth-order valence-electron chi connectivity index (χ4n) is 5.02. The smallest absolute Gasteiger partial charge is 0.415 e. The average molecular weight is 567 g/mol. The van der Waals surface area contributed by atoms with Crippen molar-refractivity contribution in [1.82, 2.24) is 9.21 Å². The lowest BCUT2D eigenvalue weighted by atomic mass is 10.1. The zero-order chi connectivity index (χ0) is 28.4. The molecule has 0 aromatic heterocycles. The molecule has 0 unspecified atom stereocenters. The summed E-state index contributed by atoms with van der Waals surface area (Å²) >= 11 is 0. The fourth-order valence-corrected chi connectivity index (χ4v) is 6.57. The number of ether oxygens (including phenoxy) is 2. The number of hydrogen-bond acceptors (Lipinski definition) is 6. The van der Waals surface area contributed by atoms with Crippen molar-refractivity contribution < 1.29 is 27.8 Å². The Hall–Kier alpha value is -3.40. The Kier molecular flexibility index (Phi) is 10.6. The Morgan fingerprint density at radius 2 is 1.52 bits per heavy atom. The summed E-state index contributed by atoms with van der Waals surface area (Å²) in [5, 5.41) is 11.2. The molecule has 0 saturated heterocycles. The molecule has 1 fully saturated rings. The minimum absolute atomic E-state index is 0.0716. The molecule has 1 aliphatic rings. The first-order valence-electron chi connectivity index (χ1n) is 13.7. The van der Waals surface area contributed by atoms with E-state index >= 15 is 0 Å². The molecule has 0 aliphatic heterocycles. The van der Waals surface area contributed by atoms with Crippen LogP contribution in [0.1, 0.15) is 31.2 Å². The summed E-state index contributed by atoms with van der Waals surface area (Å²) < 4.78 is 39.5. The first-order chi connectivity index (χ1) is 19.3. The second-order valence-electron chi connectivity index (χ2n) is 10.2. The third-order valence-electron chi connectivity index (χ3n) is 7.20. The van der Waals surface area contributed by atoms with Crippen molar-refractivity contribution in [3.8, 4) is 11.5 Å². The lowest BCUT2D eigenvalue weighted by Gasteiger charge is -2.30. The molecule has 1 aliphatic carbocycles. The molecule has 0 radical (unpaired) electrons. The normalized spacial score (nSPS) is 14.7. The monoisotopic (exact) mass is 566 g/mol. The van der Waals surface area contributed by atoms with Crippen LogP contribution in [0.3, 0.4) is 0 Å². The first kappa shape index (κ1) is 29.6. The predicted octanol–water partition coefficient (Wildman–Crippen LogP) is 4.98. The minimum Gasteiger partial charge on any atom is -0.497 e. The van der Waals surface area contributed by atoms with Crippen LogP contribution in [0, 0.1) is 5.92 Å². The summed E-state index contributed by atoms with van der Waals surface area (Å²) in [6.07, 6.45) is 2.90. The van der Waals surface area contributed by atoms with E-state index in [1.807, 2.05) is 36.4 Å². The number of amides is 1. The molecule has 1 atom stereocenters. The Morgan fingerprint density at radius 3 is 2.15 bits per heavy atom. The van der Waals surface area contributed by atoms with Crippen LogP contribution < -0.4 is 9.47 Å². The summed E-state index contributed by atoms with van der Waals surface area (Å²) in [4.78, 5) is 14.7. The molecular weight excluding hydrogens is 528 g/mol. The zero-order valence-electron chi connectivity index (χ0n) is 22.9. The van der Waals surface area contributed by atoms with Crippen LogP contribution in [0.2, 0.25) is 0 Å². The van der Waals surface area contributed by atoms with Crippen LogP contribution in [-0.2, 0) is 16.4 Å². The summed E-state index contributed by atoms with van der Waals surface area (Å²) in [6, 6.07) is 24.8. The van der Waals surface area contributed by atoms with Crippen molar-refractivity contribution in [2.24, 2.45) is 5.92 Å². The maximum atomic E-state index is 13.7. The van der Waals surface area contributed by atoms with Gasteiger partial charge in [0.15, 0.2) is 0 Å². The number of carbonyl (C=O) groups is 1. The van der Waals surface area contributed by atoms with Gasteiger partial charge in [-0.1, -0.05) is 61.4 Å². The second kappa shape index (κ2) is 14.3. The van der Waals surface area contributed by atoms with E-state index in [-0.39, 0.29) is 23.9 Å². The highest BCUT2D eigenvalue weighted by atomic mass is 32.2. The molecule has 1 amide bonds. The highest BCUT2D eigenvalue weighted by Gasteiger charge is 2.31. The molecule has 0 spiro atoms. The van der Waals surface area contributed by atoms with Crippen LogP contribution in [0.25, 0.3) is 0 Å². The SMILES string of the molecule is COc1ccc(S(=O)(=O)N(CC2CCCC2)C[C@@H](O)CN(CCc2ccccc2)C(=O)Oc2ccccc2)cc1. The maximum Gasteiger partial charge on any atom is 0.415 e. The van der Waals surface area contributed by atoms with E-state index in [2.05, 4.69) is 0 Å². The molecule has 3 aromatic carbocycles. The van der Waals surface area contributed by atoms with E-state index in [9.17, 15) is 18.3 Å². The average Bonchev–Trinajstić information content (AvgIpc) is 3.49. The Morgan fingerprint density at radius 1 is 0.900 bits per heavy atom. The van der Waals surface area contributed by atoms with Gasteiger partial charge < -0.3 is 19.5 Å². The van der Waals surface area contributed by atoms with E-state index in [0.717, 1.165) is 31.2 Å². The third kappa shape index (κ3) is 8.30. The Balaban J connectivity index is 1.50. The topological polar surface area (TPSA) is 96.4 Å². The van der Waals surface area contributed by atoms with Crippen molar-refractivity contribution in [2.45, 2.75) is 43.1 Å². The highest BCUT2D eigenvalue weighted by molar-refractivity contribution is 7.89. The van der Waals surface area contributed by atoms with E-state index < -0.39 is 22.2 Å². The van der Waals surface area contributed by atoms with E-state index in [4.69, 9.17) is 9.47 Å². The van der Waals surface area contributed by atoms with Gasteiger partial charge in [0.1, 0.15) is 11.5 Å². The Bertz CT molecular complexity index is 1300. The number of benzene rings is 3. The molecular formula is C31H38N2O6S. The molecule has 3 aromatic rings. The van der Waals surface area contributed by atoms with Crippen molar-refractivity contribution >= 4 is 16.1 Å². The largest absolute Gasteiger partial charge is 0.497 e. The van der Waals surface area contributed by atoms with Crippen LogP contribution in [0.5, 0.6) is 11.5 Å². The molecule has 1 N–H and O–H groups in total. The van der Waals surface area contributed by atoms with Gasteiger partial charge in [0.05, 0.1) is 24.7 Å². The molecule has 8 nitrogen and oxygen atoms in total. The number of methoxy groups -OCH3 is 1. The summed E-state index contributed by atoms with van der Waals surface area (Å²) in [6.45, 7) is 0.424. The molecule has 0 heterocycles. The maximum absolute atomic E-state index is 13.7. The van der Waals surface area contributed by atoms with Gasteiger partial charge in [-0.3, -0.25) is 0 Å². The molecule has 4 rings (SSSR count). The van der Waals surface area contributed by atoms with Gasteiger partial charge >= 0.3 is 6.09 Å². The van der Waals surface area contributed by atoms with Crippen LogP contribution in [-0.4, -0.2) is 68.2 Å². The molecule has 1 saturated carbocycles. The number of sulfonamides is 1. The molecule has 214 valence electrons. The number of carbonyl (C=O) groups excluding carboxylic acids is 1. The van der Waals surface area contributed by atoms with Crippen LogP contribution >= 0.6 is 0 Å². The molecule has 9 heteroatoms. The van der Waals surface area contributed by atoms with Crippen molar-refractivity contribution in [3.63, 3.8) is 0 Å². The zero-order valence-corrected chi connectivity index (χ0v) is 23.7. The second-order valence-corrected chi connectivity index (χ2v) is 12.1. The van der Waals surface area contributed by atoms with Crippen molar-refractivity contribution in [1.29, 1.82) is 0 Å². The van der Waals surface area contributed by atoms with Gasteiger partial charge in [-0.2, -0.15) is 4.31 Å². The predicted molar refractivity (Wildman–Crippen MR) is 154 cm³/mol. The quantitative estimate of drug-likeness (QED) is 0.314. The standard InChI is InChI=1S/C31H38N2O6S/c1-38-28-16-18-30(19-17-28)40(36,37)33(22-26-12-8-9-13-26)24-27(34)23-32(21-20-25-10-4-2-5-11-25)31(35)39-29-14-6-3-7-15-29/h2-7,10-11,14-19,26-27,34H,8-9,12-13,20-24H2,1H3/t27-/m0/s1. The van der Waals surface area contributed by atoms with E-state index in [1.54, 1.807) is 36.4 Å². The molecule has 0 bridgehead atoms. The summed E-state index contributed by atoms with van der Waals surface area (Å²) in [5.74, 6) is 1.20. The number of nitrogens with zero attached hydrogens (tertiary/aromatic N) is 2. The lowest BCUT2D eigenvalue weighted by molar-refractivity contribution is 0.0868. The van der Waals surface area contributed by atoms with Gasteiger partial charge in [0.2, 0.25) is 10.0 Å². The minimum atomic E-state index is -3.89.